The number of hydrogen-bond acceptors (Lipinski definition) is 4. The van der Waals surface area contributed by atoms with Crippen molar-refractivity contribution >= 4 is 23.0 Å². The second-order valence-corrected chi connectivity index (χ2v) is 4.82. The van der Waals surface area contributed by atoms with Gasteiger partial charge in [-0.25, -0.2) is 0 Å². The van der Waals surface area contributed by atoms with Crippen LogP contribution < -0.4 is 10.6 Å². The number of benzene rings is 1. The lowest BCUT2D eigenvalue weighted by molar-refractivity contribution is -0.383. The highest BCUT2D eigenvalue weighted by atomic mass is 35.5. The SMILES string of the molecule is O=[N+]([O-])c1c(Cl)cccc1NC1CCCNCC1. The van der Waals surface area contributed by atoms with Gasteiger partial charge in [-0.1, -0.05) is 17.7 Å². The van der Waals surface area contributed by atoms with Gasteiger partial charge in [-0.3, -0.25) is 10.1 Å². The topological polar surface area (TPSA) is 67.2 Å². The number of para-hydroxylation sites is 1. The minimum atomic E-state index is -0.431. The maximum absolute atomic E-state index is 11.0. The number of nitro benzene ring substituents is 1. The Kier molecular flexibility index (Phi) is 4.38. The number of halogens is 1. The molecule has 1 heterocycles. The van der Waals surface area contributed by atoms with Crippen molar-refractivity contribution in [2.24, 2.45) is 0 Å². The minimum Gasteiger partial charge on any atom is -0.377 e. The largest absolute Gasteiger partial charge is 0.377 e. The van der Waals surface area contributed by atoms with Crippen LogP contribution in [0.3, 0.4) is 0 Å². The highest BCUT2D eigenvalue weighted by Crippen LogP contribution is 2.33. The summed E-state index contributed by atoms with van der Waals surface area (Å²) < 4.78 is 0. The molecular weight excluding hydrogens is 254 g/mol. The van der Waals surface area contributed by atoms with E-state index in [-0.39, 0.29) is 16.8 Å². The molecule has 1 aromatic rings. The number of hydrogen-bond donors (Lipinski definition) is 2. The number of nitrogens with one attached hydrogen (secondary N) is 2. The fraction of sp³-hybridized carbons (Fsp3) is 0.500. The van der Waals surface area contributed by atoms with E-state index in [1.165, 1.54) is 0 Å². The van der Waals surface area contributed by atoms with Crippen molar-refractivity contribution in [2.75, 3.05) is 18.4 Å². The number of anilines is 1. The summed E-state index contributed by atoms with van der Waals surface area (Å²) in [4.78, 5) is 10.6. The highest BCUT2D eigenvalue weighted by Gasteiger charge is 2.21. The Morgan fingerprint density at radius 3 is 3.00 bits per heavy atom. The summed E-state index contributed by atoms with van der Waals surface area (Å²) in [6.45, 7) is 1.95. The Labute approximate surface area is 111 Å². The van der Waals surface area contributed by atoms with E-state index in [1.807, 2.05) is 0 Å². The van der Waals surface area contributed by atoms with Crippen LogP contribution in [0.15, 0.2) is 18.2 Å². The van der Waals surface area contributed by atoms with Crippen molar-refractivity contribution in [1.29, 1.82) is 0 Å². The summed E-state index contributed by atoms with van der Waals surface area (Å²) in [6, 6.07) is 5.24. The normalized spacial score (nSPS) is 20.2. The van der Waals surface area contributed by atoms with Gasteiger partial charge in [0.25, 0.3) is 0 Å². The maximum atomic E-state index is 11.0. The van der Waals surface area contributed by atoms with Crippen LogP contribution in [-0.2, 0) is 0 Å². The lowest BCUT2D eigenvalue weighted by Gasteiger charge is -2.17. The molecule has 0 spiro atoms. The standard InChI is InChI=1S/C12H16ClN3O2/c13-10-4-1-5-11(12(10)16(17)18)15-9-3-2-7-14-8-6-9/h1,4-5,9,14-15H,2-3,6-8H2. The van der Waals surface area contributed by atoms with E-state index in [0.29, 0.717) is 5.69 Å². The number of rotatable bonds is 3. The zero-order valence-electron chi connectivity index (χ0n) is 9.99. The van der Waals surface area contributed by atoms with Crippen molar-refractivity contribution in [1.82, 2.24) is 5.32 Å². The van der Waals surface area contributed by atoms with Crippen molar-refractivity contribution in [3.8, 4) is 0 Å². The fourth-order valence-corrected chi connectivity index (χ4v) is 2.44. The molecule has 2 N–H and O–H groups in total. The van der Waals surface area contributed by atoms with Crippen LogP contribution in [0.1, 0.15) is 19.3 Å². The molecule has 2 rings (SSSR count). The molecule has 1 fully saturated rings. The van der Waals surface area contributed by atoms with E-state index < -0.39 is 4.92 Å². The summed E-state index contributed by atoms with van der Waals surface area (Å²) in [5.74, 6) is 0. The van der Waals surface area contributed by atoms with Gasteiger partial charge in [0.15, 0.2) is 0 Å². The molecule has 1 atom stereocenters. The fourth-order valence-electron chi connectivity index (χ4n) is 2.20. The molecule has 0 aromatic heterocycles. The third-order valence-corrected chi connectivity index (χ3v) is 3.41. The van der Waals surface area contributed by atoms with Crippen LogP contribution >= 0.6 is 11.6 Å². The van der Waals surface area contributed by atoms with Crippen LogP contribution in [0.5, 0.6) is 0 Å². The first kappa shape index (κ1) is 13.1. The monoisotopic (exact) mass is 269 g/mol. The highest BCUT2D eigenvalue weighted by molar-refractivity contribution is 6.33. The van der Waals surface area contributed by atoms with Crippen LogP contribution in [0.25, 0.3) is 0 Å². The summed E-state index contributed by atoms with van der Waals surface area (Å²) in [7, 11) is 0. The Bertz CT molecular complexity index is 431. The van der Waals surface area contributed by atoms with E-state index in [1.54, 1.807) is 18.2 Å². The van der Waals surface area contributed by atoms with Gasteiger partial charge >= 0.3 is 5.69 Å². The van der Waals surface area contributed by atoms with E-state index in [2.05, 4.69) is 10.6 Å². The Balaban J connectivity index is 2.17. The maximum Gasteiger partial charge on any atom is 0.310 e. The molecular formula is C12H16ClN3O2. The van der Waals surface area contributed by atoms with Gasteiger partial charge in [0.1, 0.15) is 10.7 Å². The Hall–Kier alpha value is -1.33. The van der Waals surface area contributed by atoms with Crippen molar-refractivity contribution < 1.29 is 4.92 Å². The van der Waals surface area contributed by atoms with Gasteiger partial charge in [-0.2, -0.15) is 0 Å². The Morgan fingerprint density at radius 1 is 1.39 bits per heavy atom. The van der Waals surface area contributed by atoms with Crippen molar-refractivity contribution in [3.63, 3.8) is 0 Å². The molecule has 5 nitrogen and oxygen atoms in total. The van der Waals surface area contributed by atoms with Crippen molar-refractivity contribution in [2.45, 2.75) is 25.3 Å². The van der Waals surface area contributed by atoms with E-state index >= 15 is 0 Å². The summed E-state index contributed by atoms with van der Waals surface area (Å²) in [6.07, 6.45) is 3.05. The second kappa shape index (κ2) is 6.02. The third-order valence-electron chi connectivity index (χ3n) is 3.10. The van der Waals surface area contributed by atoms with Crippen LogP contribution in [0.4, 0.5) is 11.4 Å². The third kappa shape index (κ3) is 3.11. The molecule has 0 bridgehead atoms. The molecule has 1 unspecified atom stereocenters. The van der Waals surface area contributed by atoms with E-state index in [9.17, 15) is 10.1 Å². The first-order chi connectivity index (χ1) is 8.68. The predicted octanol–water partition coefficient (Wildman–Crippen LogP) is 2.80. The lowest BCUT2D eigenvalue weighted by atomic mass is 10.1. The molecule has 1 aliphatic heterocycles. The van der Waals surface area contributed by atoms with Gasteiger partial charge in [0.2, 0.25) is 0 Å². The molecule has 1 aliphatic rings. The van der Waals surface area contributed by atoms with Crippen LogP contribution in [-0.4, -0.2) is 24.1 Å². The summed E-state index contributed by atoms with van der Waals surface area (Å²) in [5.41, 5.74) is 0.482. The molecule has 98 valence electrons. The van der Waals surface area contributed by atoms with Gasteiger partial charge in [-0.15, -0.1) is 0 Å². The zero-order valence-corrected chi connectivity index (χ0v) is 10.7. The van der Waals surface area contributed by atoms with Crippen LogP contribution in [0.2, 0.25) is 5.02 Å². The van der Waals surface area contributed by atoms with Crippen molar-refractivity contribution in [3.05, 3.63) is 33.3 Å². The molecule has 18 heavy (non-hydrogen) atoms. The van der Waals surface area contributed by atoms with Gasteiger partial charge < -0.3 is 10.6 Å². The average molecular weight is 270 g/mol. The summed E-state index contributed by atoms with van der Waals surface area (Å²) >= 11 is 5.88. The first-order valence-electron chi connectivity index (χ1n) is 6.08. The smallest absolute Gasteiger partial charge is 0.310 e. The van der Waals surface area contributed by atoms with Gasteiger partial charge in [0, 0.05) is 6.04 Å². The molecule has 0 saturated carbocycles. The number of nitro groups is 1. The second-order valence-electron chi connectivity index (χ2n) is 4.42. The van der Waals surface area contributed by atoms with Gasteiger partial charge in [-0.05, 0) is 44.5 Å². The van der Waals surface area contributed by atoms with Gasteiger partial charge in [0.05, 0.1) is 4.92 Å². The summed E-state index contributed by atoms with van der Waals surface area (Å²) in [5, 5.41) is 17.8. The first-order valence-corrected chi connectivity index (χ1v) is 6.46. The molecule has 1 aromatic carbocycles. The predicted molar refractivity (Wildman–Crippen MR) is 72.2 cm³/mol. The Morgan fingerprint density at radius 2 is 2.22 bits per heavy atom. The molecule has 0 radical (unpaired) electrons. The van der Waals surface area contributed by atoms with Crippen LogP contribution in [0, 0.1) is 10.1 Å². The van der Waals surface area contributed by atoms with E-state index in [4.69, 9.17) is 11.6 Å². The molecule has 0 aliphatic carbocycles. The molecule has 1 saturated heterocycles. The lowest BCUT2D eigenvalue weighted by Crippen LogP contribution is -2.22. The minimum absolute atomic E-state index is 0.0311. The average Bonchev–Trinajstić information content (AvgIpc) is 2.57. The number of nitrogens with zero attached hydrogens (tertiary/aromatic N) is 1. The molecule has 6 heteroatoms. The van der Waals surface area contributed by atoms with E-state index in [0.717, 1.165) is 32.4 Å². The zero-order chi connectivity index (χ0) is 13.0. The quantitative estimate of drug-likeness (QED) is 0.654. The molecule has 0 amide bonds.